The van der Waals surface area contributed by atoms with Crippen molar-refractivity contribution in [2.75, 3.05) is 13.1 Å². The first kappa shape index (κ1) is 16.6. The maximum Gasteiger partial charge on any atom is 0.118 e. The van der Waals surface area contributed by atoms with Crippen LogP contribution in [0.2, 0.25) is 0 Å². The van der Waals surface area contributed by atoms with Crippen LogP contribution in [0.5, 0.6) is 0 Å². The molecular formula is C18H32N2O. The van der Waals surface area contributed by atoms with E-state index < -0.39 is 0 Å². The summed E-state index contributed by atoms with van der Waals surface area (Å²) in [5, 5.41) is 3.45. The average molecular weight is 292 g/mol. The predicted molar refractivity (Wildman–Crippen MR) is 88.3 cm³/mol. The molecule has 0 saturated heterocycles. The fraction of sp³-hybridized carbons (Fsp3) is 0.778. The van der Waals surface area contributed by atoms with Crippen LogP contribution in [0, 0.1) is 18.8 Å². The molecule has 1 heterocycles. The summed E-state index contributed by atoms with van der Waals surface area (Å²) in [6.45, 7) is 15.3. The Labute approximate surface area is 130 Å². The molecular weight excluding hydrogens is 260 g/mol. The van der Waals surface area contributed by atoms with Gasteiger partial charge in [-0.1, -0.05) is 13.8 Å². The zero-order chi connectivity index (χ0) is 15.4. The first-order valence-electron chi connectivity index (χ1n) is 8.48. The van der Waals surface area contributed by atoms with E-state index in [4.69, 9.17) is 4.42 Å². The lowest BCUT2D eigenvalue weighted by Crippen LogP contribution is -2.32. The molecule has 1 fully saturated rings. The van der Waals surface area contributed by atoms with Crippen LogP contribution in [0.1, 0.15) is 57.6 Å². The monoisotopic (exact) mass is 292 g/mol. The molecule has 0 atom stereocenters. The van der Waals surface area contributed by atoms with Crippen molar-refractivity contribution in [1.82, 2.24) is 10.2 Å². The fourth-order valence-electron chi connectivity index (χ4n) is 2.62. The maximum absolute atomic E-state index is 5.91. The SMILES string of the molecule is Cc1oc(CNCC(C)C)cc1CN(CC1CC1)C(C)C. The number of hydrogen-bond acceptors (Lipinski definition) is 3. The lowest BCUT2D eigenvalue weighted by molar-refractivity contribution is 0.202. The Morgan fingerprint density at radius 3 is 2.57 bits per heavy atom. The van der Waals surface area contributed by atoms with Crippen LogP contribution in [0.15, 0.2) is 10.5 Å². The summed E-state index contributed by atoms with van der Waals surface area (Å²) >= 11 is 0. The van der Waals surface area contributed by atoms with Crippen LogP contribution < -0.4 is 5.32 Å². The summed E-state index contributed by atoms with van der Waals surface area (Å²) < 4.78 is 5.91. The molecule has 0 aliphatic heterocycles. The summed E-state index contributed by atoms with van der Waals surface area (Å²) in [5.41, 5.74) is 1.35. The van der Waals surface area contributed by atoms with Gasteiger partial charge in [-0.3, -0.25) is 4.90 Å². The van der Waals surface area contributed by atoms with Crippen molar-refractivity contribution in [3.63, 3.8) is 0 Å². The van der Waals surface area contributed by atoms with E-state index in [9.17, 15) is 0 Å². The summed E-state index contributed by atoms with van der Waals surface area (Å²) in [6, 6.07) is 2.84. The number of furan rings is 1. The first-order chi connectivity index (χ1) is 9.95. The van der Waals surface area contributed by atoms with Crippen molar-refractivity contribution < 1.29 is 4.42 Å². The molecule has 1 aromatic heterocycles. The summed E-state index contributed by atoms with van der Waals surface area (Å²) in [4.78, 5) is 2.58. The van der Waals surface area contributed by atoms with E-state index in [-0.39, 0.29) is 0 Å². The molecule has 0 amide bonds. The van der Waals surface area contributed by atoms with Gasteiger partial charge >= 0.3 is 0 Å². The second-order valence-corrected chi connectivity index (χ2v) is 7.29. The maximum atomic E-state index is 5.91. The second kappa shape index (κ2) is 7.46. The highest BCUT2D eigenvalue weighted by molar-refractivity contribution is 5.21. The van der Waals surface area contributed by atoms with E-state index in [1.54, 1.807) is 0 Å². The van der Waals surface area contributed by atoms with Crippen molar-refractivity contribution in [2.24, 2.45) is 11.8 Å². The smallest absolute Gasteiger partial charge is 0.118 e. The molecule has 120 valence electrons. The third-order valence-corrected chi connectivity index (χ3v) is 4.22. The Kier molecular flexibility index (Phi) is 5.88. The van der Waals surface area contributed by atoms with Gasteiger partial charge in [0.15, 0.2) is 0 Å². The largest absolute Gasteiger partial charge is 0.465 e. The van der Waals surface area contributed by atoms with Gasteiger partial charge in [0.05, 0.1) is 6.54 Å². The van der Waals surface area contributed by atoms with Gasteiger partial charge in [0.2, 0.25) is 0 Å². The molecule has 0 spiro atoms. The quantitative estimate of drug-likeness (QED) is 0.747. The average Bonchev–Trinajstić information content (AvgIpc) is 3.13. The third-order valence-electron chi connectivity index (χ3n) is 4.22. The molecule has 21 heavy (non-hydrogen) atoms. The standard InChI is InChI=1S/C18H32N2O/c1-13(2)9-19-10-18-8-17(15(5)21-18)12-20(14(3)4)11-16-6-7-16/h8,13-14,16,19H,6-7,9-12H2,1-5H3. The fourth-order valence-corrected chi connectivity index (χ4v) is 2.62. The Bertz CT molecular complexity index is 432. The highest BCUT2D eigenvalue weighted by Crippen LogP contribution is 2.31. The third kappa shape index (κ3) is 5.48. The molecule has 1 aromatic rings. The number of hydrogen-bond donors (Lipinski definition) is 1. The van der Waals surface area contributed by atoms with Gasteiger partial charge in [0.1, 0.15) is 11.5 Å². The number of aryl methyl sites for hydroxylation is 1. The van der Waals surface area contributed by atoms with Crippen molar-refractivity contribution in [3.8, 4) is 0 Å². The lowest BCUT2D eigenvalue weighted by Gasteiger charge is -2.26. The van der Waals surface area contributed by atoms with E-state index in [1.165, 1.54) is 24.9 Å². The Morgan fingerprint density at radius 1 is 1.29 bits per heavy atom. The van der Waals surface area contributed by atoms with E-state index in [0.717, 1.165) is 37.1 Å². The predicted octanol–water partition coefficient (Wildman–Crippen LogP) is 3.95. The molecule has 3 heteroatoms. The van der Waals surface area contributed by atoms with Crippen molar-refractivity contribution in [1.29, 1.82) is 0 Å². The second-order valence-electron chi connectivity index (χ2n) is 7.29. The molecule has 2 rings (SSSR count). The minimum atomic E-state index is 0.599. The lowest BCUT2D eigenvalue weighted by atomic mass is 10.2. The number of nitrogens with one attached hydrogen (secondary N) is 1. The molecule has 0 radical (unpaired) electrons. The van der Waals surface area contributed by atoms with Gasteiger partial charge in [-0.05, 0) is 58.1 Å². The number of rotatable bonds is 9. The van der Waals surface area contributed by atoms with Gasteiger partial charge in [-0.15, -0.1) is 0 Å². The van der Waals surface area contributed by atoms with Crippen LogP contribution >= 0.6 is 0 Å². The number of nitrogens with zero attached hydrogens (tertiary/aromatic N) is 1. The molecule has 0 aromatic carbocycles. The topological polar surface area (TPSA) is 28.4 Å². The summed E-state index contributed by atoms with van der Waals surface area (Å²) in [6.07, 6.45) is 2.83. The summed E-state index contributed by atoms with van der Waals surface area (Å²) in [5.74, 6) is 3.76. The Hall–Kier alpha value is -0.800. The van der Waals surface area contributed by atoms with Gasteiger partial charge < -0.3 is 9.73 Å². The molecule has 0 unspecified atom stereocenters. The summed E-state index contributed by atoms with van der Waals surface area (Å²) in [7, 11) is 0. The van der Waals surface area contributed by atoms with Gasteiger partial charge in [0, 0.05) is 24.7 Å². The zero-order valence-corrected chi connectivity index (χ0v) is 14.4. The minimum absolute atomic E-state index is 0.599. The molecule has 0 bridgehead atoms. The van der Waals surface area contributed by atoms with Crippen LogP contribution in [0.4, 0.5) is 0 Å². The van der Waals surface area contributed by atoms with E-state index >= 15 is 0 Å². The molecule has 1 aliphatic carbocycles. The van der Waals surface area contributed by atoms with Gasteiger partial charge in [0.25, 0.3) is 0 Å². The first-order valence-corrected chi connectivity index (χ1v) is 8.48. The van der Waals surface area contributed by atoms with Crippen LogP contribution in [-0.4, -0.2) is 24.0 Å². The van der Waals surface area contributed by atoms with Gasteiger partial charge in [-0.2, -0.15) is 0 Å². The van der Waals surface area contributed by atoms with E-state index in [0.29, 0.717) is 12.0 Å². The van der Waals surface area contributed by atoms with Gasteiger partial charge in [-0.25, -0.2) is 0 Å². The van der Waals surface area contributed by atoms with E-state index in [2.05, 4.69) is 50.9 Å². The van der Waals surface area contributed by atoms with Crippen LogP contribution in [-0.2, 0) is 13.1 Å². The van der Waals surface area contributed by atoms with Crippen LogP contribution in [0.3, 0.4) is 0 Å². The van der Waals surface area contributed by atoms with E-state index in [1.807, 2.05) is 0 Å². The minimum Gasteiger partial charge on any atom is -0.465 e. The van der Waals surface area contributed by atoms with Crippen molar-refractivity contribution in [2.45, 2.75) is 66.6 Å². The molecule has 3 nitrogen and oxygen atoms in total. The molecule has 1 N–H and O–H groups in total. The van der Waals surface area contributed by atoms with Crippen molar-refractivity contribution >= 4 is 0 Å². The Balaban J connectivity index is 1.90. The highest BCUT2D eigenvalue weighted by atomic mass is 16.3. The van der Waals surface area contributed by atoms with Crippen LogP contribution in [0.25, 0.3) is 0 Å². The highest BCUT2D eigenvalue weighted by Gasteiger charge is 2.26. The van der Waals surface area contributed by atoms with Crippen molar-refractivity contribution in [3.05, 3.63) is 23.2 Å². The molecule has 1 aliphatic rings. The Morgan fingerprint density at radius 2 is 2.00 bits per heavy atom. The molecule has 1 saturated carbocycles. The normalized spacial score (nSPS) is 15.6. The zero-order valence-electron chi connectivity index (χ0n) is 14.4.